The first-order chi connectivity index (χ1) is 33.8. The Balaban J connectivity index is 1.15. The SMILES string of the molecule is c1cc2c3c(c1)Cc1cccc4c1OCCOc1ccccc1OCCOc1ccccc1OCCOc1c(cccc1Cc1cccc(c1OCCOCCOCCOCCOCCO3)C4)C2. The molecule has 0 radical (unpaired) electrons. The molecule has 356 valence electrons. The van der Waals surface area contributed by atoms with Gasteiger partial charge in [-0.05, 0) is 68.8 Å². The molecule has 0 amide bonds. The van der Waals surface area contributed by atoms with E-state index in [-0.39, 0.29) is 26.4 Å². The second-order valence-electron chi connectivity index (χ2n) is 16.5. The van der Waals surface area contributed by atoms with Crippen molar-refractivity contribution >= 4 is 0 Å². The Morgan fingerprint density at radius 2 is 0.382 bits per heavy atom. The van der Waals surface area contributed by atoms with Crippen LogP contribution in [0.5, 0.6) is 46.0 Å². The number of para-hydroxylation sites is 8. The lowest BCUT2D eigenvalue weighted by atomic mass is 9.91. The fourth-order valence-corrected chi connectivity index (χ4v) is 8.67. The third-order valence-electron chi connectivity index (χ3n) is 11.8. The minimum Gasteiger partial charge on any atom is -0.491 e. The van der Waals surface area contributed by atoms with E-state index in [0.717, 1.165) is 67.5 Å². The number of hydrogen-bond donors (Lipinski definition) is 0. The molecule has 12 bridgehead atoms. The van der Waals surface area contributed by atoms with Crippen molar-refractivity contribution in [1.82, 2.24) is 0 Å². The predicted molar refractivity (Wildman–Crippen MR) is 257 cm³/mol. The van der Waals surface area contributed by atoms with Crippen molar-refractivity contribution in [2.24, 2.45) is 0 Å². The van der Waals surface area contributed by atoms with Crippen molar-refractivity contribution in [3.05, 3.63) is 166 Å². The zero-order valence-corrected chi connectivity index (χ0v) is 38.6. The van der Waals surface area contributed by atoms with E-state index in [2.05, 4.69) is 72.8 Å². The summed E-state index contributed by atoms with van der Waals surface area (Å²) in [5, 5.41) is 0. The lowest BCUT2D eigenvalue weighted by Crippen LogP contribution is -2.15. The first-order valence-corrected chi connectivity index (χ1v) is 23.7. The Labute approximate surface area is 398 Å². The Bertz CT molecular complexity index is 2280. The van der Waals surface area contributed by atoms with Gasteiger partial charge in [0.1, 0.15) is 75.9 Å². The van der Waals surface area contributed by atoms with Crippen molar-refractivity contribution in [3.8, 4) is 46.0 Å². The van der Waals surface area contributed by atoms with Crippen molar-refractivity contribution in [2.75, 3.05) is 106 Å². The van der Waals surface area contributed by atoms with Crippen LogP contribution >= 0.6 is 0 Å². The highest BCUT2D eigenvalue weighted by Gasteiger charge is 2.22. The highest BCUT2D eigenvalue weighted by atomic mass is 16.6. The van der Waals surface area contributed by atoms with Crippen LogP contribution in [-0.2, 0) is 44.6 Å². The minimum atomic E-state index is 0.279. The van der Waals surface area contributed by atoms with E-state index in [1.165, 1.54) is 0 Å². The fourth-order valence-electron chi connectivity index (χ4n) is 8.67. The maximum Gasteiger partial charge on any atom is 0.161 e. The highest BCUT2D eigenvalue weighted by molar-refractivity contribution is 5.56. The van der Waals surface area contributed by atoms with Crippen molar-refractivity contribution in [2.45, 2.75) is 25.7 Å². The molecular weight excluding hydrogens is 865 g/mol. The van der Waals surface area contributed by atoms with Crippen LogP contribution in [0, 0.1) is 0 Å². The number of rotatable bonds is 0. The summed E-state index contributed by atoms with van der Waals surface area (Å²) in [7, 11) is 0. The first kappa shape index (κ1) is 46.7. The summed E-state index contributed by atoms with van der Waals surface area (Å²) in [6.45, 7) is 5.95. The topological polar surface area (TPSA) is 111 Å². The molecule has 0 unspecified atom stereocenters. The van der Waals surface area contributed by atoms with Crippen molar-refractivity contribution in [1.29, 1.82) is 0 Å². The van der Waals surface area contributed by atoms with Gasteiger partial charge in [0.05, 0.1) is 52.9 Å². The van der Waals surface area contributed by atoms with Gasteiger partial charge >= 0.3 is 0 Å². The maximum atomic E-state index is 6.86. The minimum absolute atomic E-state index is 0.279. The number of benzene rings is 6. The van der Waals surface area contributed by atoms with Crippen LogP contribution in [0.4, 0.5) is 0 Å². The molecule has 0 atom stereocenters. The van der Waals surface area contributed by atoms with Gasteiger partial charge in [-0.3, -0.25) is 0 Å². The molecule has 4 aliphatic rings. The molecule has 12 heteroatoms. The zero-order chi connectivity index (χ0) is 46.0. The largest absolute Gasteiger partial charge is 0.491 e. The van der Waals surface area contributed by atoms with Crippen LogP contribution in [0.1, 0.15) is 44.5 Å². The molecule has 0 aromatic heterocycles. The molecular formula is C56H60O12. The van der Waals surface area contributed by atoms with Gasteiger partial charge in [0.2, 0.25) is 0 Å². The lowest BCUT2D eigenvalue weighted by molar-refractivity contribution is -0.00706. The third-order valence-corrected chi connectivity index (χ3v) is 11.8. The van der Waals surface area contributed by atoms with Gasteiger partial charge in [0.15, 0.2) is 23.0 Å². The van der Waals surface area contributed by atoms with Crippen LogP contribution in [-0.4, -0.2) is 106 Å². The molecule has 0 fully saturated rings. The zero-order valence-electron chi connectivity index (χ0n) is 38.6. The van der Waals surface area contributed by atoms with Gasteiger partial charge in [-0.1, -0.05) is 97.1 Å². The molecule has 0 N–H and O–H groups in total. The van der Waals surface area contributed by atoms with Crippen LogP contribution in [0.25, 0.3) is 0 Å². The van der Waals surface area contributed by atoms with E-state index in [0.29, 0.717) is 128 Å². The molecule has 0 spiro atoms. The summed E-state index contributed by atoms with van der Waals surface area (Å²) in [6, 6.07) is 40.8. The number of hydrogen-bond acceptors (Lipinski definition) is 12. The Kier molecular flexibility index (Phi) is 16.8. The van der Waals surface area contributed by atoms with E-state index >= 15 is 0 Å². The molecule has 1 aliphatic carbocycles. The number of ether oxygens (including phenoxy) is 12. The van der Waals surface area contributed by atoms with Gasteiger partial charge < -0.3 is 56.8 Å². The average Bonchev–Trinajstić information content (AvgIpc) is 3.35. The van der Waals surface area contributed by atoms with Gasteiger partial charge in [-0.15, -0.1) is 0 Å². The van der Waals surface area contributed by atoms with E-state index in [4.69, 9.17) is 56.8 Å². The molecule has 6 aromatic carbocycles. The Morgan fingerprint density at radius 3 is 0.618 bits per heavy atom. The van der Waals surface area contributed by atoms with Crippen molar-refractivity contribution in [3.63, 3.8) is 0 Å². The summed E-state index contributed by atoms with van der Waals surface area (Å²) < 4.78 is 75.9. The summed E-state index contributed by atoms with van der Waals surface area (Å²) in [5.41, 5.74) is 8.18. The van der Waals surface area contributed by atoms with Gasteiger partial charge in [0, 0.05) is 25.7 Å². The Hall–Kier alpha value is -6.44. The highest BCUT2D eigenvalue weighted by Crippen LogP contribution is 2.39. The second-order valence-corrected chi connectivity index (χ2v) is 16.5. The van der Waals surface area contributed by atoms with Crippen LogP contribution in [0.2, 0.25) is 0 Å². The molecule has 12 nitrogen and oxygen atoms in total. The second kappa shape index (κ2) is 24.5. The summed E-state index contributed by atoms with van der Waals surface area (Å²) in [6.07, 6.45) is 2.19. The predicted octanol–water partition coefficient (Wildman–Crippen LogP) is 8.89. The van der Waals surface area contributed by atoms with Crippen LogP contribution in [0.15, 0.2) is 121 Å². The lowest BCUT2D eigenvalue weighted by Gasteiger charge is -2.23. The van der Waals surface area contributed by atoms with Crippen LogP contribution < -0.4 is 37.9 Å². The summed E-state index contributed by atoms with van der Waals surface area (Å²) >= 11 is 0. The summed E-state index contributed by atoms with van der Waals surface area (Å²) in [5.74, 6) is 5.67. The summed E-state index contributed by atoms with van der Waals surface area (Å²) in [4.78, 5) is 0. The van der Waals surface area contributed by atoms with Gasteiger partial charge in [-0.25, -0.2) is 0 Å². The quantitative estimate of drug-likeness (QED) is 0.145. The molecule has 68 heavy (non-hydrogen) atoms. The maximum absolute atomic E-state index is 6.86. The molecule has 0 saturated carbocycles. The van der Waals surface area contributed by atoms with E-state index in [1.54, 1.807) is 0 Å². The molecule has 6 aromatic rings. The standard InChI is InChI=1S/C56H60O12/c1-3-19-51-49(17-1)61-31-32-62-50-18-2-4-20-52(50)64-34-36-68-56-47-15-8-16-48(56)40-44-12-6-10-42-38-46-14-7-13-45(55(46)67-35-33-63-51)37-41-9-5-11-43(39-47)53(41)65-29-27-59-25-23-57-21-22-58-24-26-60-28-30-66-54(42)44/h1-20H,21-40H2. The normalized spacial score (nSPS) is 16.9. The van der Waals surface area contributed by atoms with Crippen molar-refractivity contribution < 1.29 is 56.8 Å². The smallest absolute Gasteiger partial charge is 0.161 e. The number of fused-ring (bicyclic) bond motifs is 9. The van der Waals surface area contributed by atoms with E-state index in [9.17, 15) is 0 Å². The van der Waals surface area contributed by atoms with Crippen LogP contribution in [0.3, 0.4) is 0 Å². The van der Waals surface area contributed by atoms with E-state index < -0.39 is 0 Å². The van der Waals surface area contributed by atoms with E-state index in [1.807, 2.05) is 48.5 Å². The monoisotopic (exact) mass is 924 g/mol. The molecule has 3 heterocycles. The average molecular weight is 925 g/mol. The third kappa shape index (κ3) is 12.6. The molecule has 3 aliphatic heterocycles. The molecule has 10 rings (SSSR count). The Morgan fingerprint density at radius 1 is 0.191 bits per heavy atom. The van der Waals surface area contributed by atoms with Gasteiger partial charge in [0.25, 0.3) is 0 Å². The van der Waals surface area contributed by atoms with Gasteiger partial charge in [-0.2, -0.15) is 0 Å². The first-order valence-electron chi connectivity index (χ1n) is 23.7. The fraction of sp³-hybridized carbons (Fsp3) is 0.357. The molecule has 0 saturated heterocycles.